The molecule has 1 nitrogen and oxygen atoms in total. The van der Waals surface area contributed by atoms with Crippen molar-refractivity contribution < 1.29 is 46.2 Å². The summed E-state index contributed by atoms with van der Waals surface area (Å²) >= 11 is 0. The van der Waals surface area contributed by atoms with Gasteiger partial charge < -0.3 is 4.74 Å². The summed E-state index contributed by atoms with van der Waals surface area (Å²) in [6.45, 7) is 5.57. The molecule has 0 N–H and O–H groups in total. The first kappa shape index (κ1) is 21.4. The Bertz CT molecular complexity index is 600. The fourth-order valence-corrected chi connectivity index (χ4v) is 1.90. The Hall–Kier alpha value is -0.626. The maximum absolute atomic E-state index is 13.9. The number of allylic oxidation sites excluding steroid dienone is 1. The van der Waals surface area contributed by atoms with Crippen molar-refractivity contribution in [2.45, 2.75) is 6.42 Å². The number of hydrogen-bond acceptors (Lipinski definition) is 1. The topological polar surface area (TPSA) is 9.23 Å². The second-order valence-corrected chi connectivity index (χ2v) is 4.13. The maximum atomic E-state index is 13.9. The van der Waals surface area contributed by atoms with Crippen LogP contribution in [-0.4, -0.2) is 13.8 Å². The zero-order valence-corrected chi connectivity index (χ0v) is 16.8. The van der Waals surface area contributed by atoms with Crippen molar-refractivity contribution >= 4 is 9.24 Å². The van der Waals surface area contributed by atoms with Crippen molar-refractivity contribution in [1.82, 2.24) is 0 Å². The molecule has 2 rings (SSSR count). The van der Waals surface area contributed by atoms with Crippen molar-refractivity contribution in [1.29, 1.82) is 0 Å². The number of methoxy groups -OCH3 is 1. The third-order valence-electron chi connectivity index (χ3n) is 2.91. The molecule has 115 valence electrons. The first-order valence-electron chi connectivity index (χ1n) is 6.47. The van der Waals surface area contributed by atoms with E-state index in [1.54, 1.807) is 18.2 Å². The van der Waals surface area contributed by atoms with Crippen LogP contribution in [0.25, 0.3) is 11.1 Å². The summed E-state index contributed by atoms with van der Waals surface area (Å²) in [6, 6.07) is 10.2. The molecule has 0 saturated carbocycles. The molecule has 1 unspecified atom stereocenters. The molecule has 0 heterocycles. The minimum Gasteiger partial charge on any atom is -0.494 e. The van der Waals surface area contributed by atoms with E-state index in [-0.39, 0.29) is 44.0 Å². The molecule has 5 heteroatoms. The van der Waals surface area contributed by atoms with E-state index in [9.17, 15) is 8.78 Å². The van der Waals surface area contributed by atoms with E-state index < -0.39 is 11.6 Å². The molecule has 0 aliphatic carbocycles. The Kier molecular flexibility index (Phi) is 10.7. The van der Waals surface area contributed by atoms with Crippen molar-refractivity contribution in [3.05, 3.63) is 66.3 Å². The van der Waals surface area contributed by atoms with Crippen LogP contribution in [0.4, 0.5) is 8.78 Å². The SMILES string of the molecule is C=CCc1ccc(-c2ccc(OC)c(F)c2F)cc1.CP.[Y]. The van der Waals surface area contributed by atoms with Gasteiger partial charge in [0.2, 0.25) is 5.82 Å². The Morgan fingerprint density at radius 1 is 1.05 bits per heavy atom. The summed E-state index contributed by atoms with van der Waals surface area (Å²) in [4.78, 5) is 0. The maximum Gasteiger partial charge on any atom is 0.201 e. The molecule has 0 aromatic heterocycles. The molecule has 2 aromatic rings. The van der Waals surface area contributed by atoms with Crippen molar-refractivity contribution in [2.75, 3.05) is 13.8 Å². The molecule has 0 bridgehead atoms. The van der Waals surface area contributed by atoms with E-state index >= 15 is 0 Å². The monoisotopic (exact) mass is 397 g/mol. The van der Waals surface area contributed by atoms with Gasteiger partial charge >= 0.3 is 0 Å². The number of hydrogen-bond donors (Lipinski definition) is 0. The zero-order chi connectivity index (χ0) is 15.8. The molecule has 2 aromatic carbocycles. The Balaban J connectivity index is 0.00000141. The molecule has 0 amide bonds. The van der Waals surface area contributed by atoms with Crippen LogP contribution in [0.5, 0.6) is 5.75 Å². The first-order valence-corrected chi connectivity index (χ1v) is 7.62. The van der Waals surface area contributed by atoms with Gasteiger partial charge in [-0.3, -0.25) is 0 Å². The van der Waals surface area contributed by atoms with Gasteiger partial charge in [0.1, 0.15) is 0 Å². The van der Waals surface area contributed by atoms with Gasteiger partial charge in [-0.25, -0.2) is 4.39 Å². The normalized spacial score (nSPS) is 9.14. The van der Waals surface area contributed by atoms with Gasteiger partial charge in [-0.15, -0.1) is 15.8 Å². The molecule has 0 saturated heterocycles. The van der Waals surface area contributed by atoms with Crippen LogP contribution < -0.4 is 4.74 Å². The van der Waals surface area contributed by atoms with Gasteiger partial charge in [0.25, 0.3) is 0 Å². The minimum atomic E-state index is -0.963. The Morgan fingerprint density at radius 2 is 1.64 bits per heavy atom. The summed E-state index contributed by atoms with van der Waals surface area (Å²) in [5.41, 5.74) is 1.93. The number of rotatable bonds is 4. The fourth-order valence-electron chi connectivity index (χ4n) is 1.90. The van der Waals surface area contributed by atoms with Crippen LogP contribution in [0.3, 0.4) is 0 Å². The van der Waals surface area contributed by atoms with Gasteiger partial charge in [0, 0.05) is 38.3 Å². The summed E-state index contributed by atoms with van der Waals surface area (Å²) in [7, 11) is 3.72. The summed E-state index contributed by atoms with van der Waals surface area (Å²) in [5, 5.41) is 0. The molecule has 0 aliphatic heterocycles. The van der Waals surface area contributed by atoms with Crippen LogP contribution in [0, 0.1) is 11.6 Å². The van der Waals surface area contributed by atoms with Crippen LogP contribution >= 0.6 is 9.24 Å². The molecule has 0 aliphatic rings. The van der Waals surface area contributed by atoms with Gasteiger partial charge in [-0.2, -0.15) is 4.39 Å². The first-order chi connectivity index (χ1) is 10.2. The third-order valence-corrected chi connectivity index (χ3v) is 2.91. The zero-order valence-electron chi connectivity index (χ0n) is 12.8. The third kappa shape index (κ3) is 5.23. The van der Waals surface area contributed by atoms with Crippen molar-refractivity contribution in [3.8, 4) is 16.9 Å². The quantitative estimate of drug-likeness (QED) is 0.529. The largest absolute Gasteiger partial charge is 0.494 e. The van der Waals surface area contributed by atoms with E-state index in [1.165, 1.54) is 19.2 Å². The van der Waals surface area contributed by atoms with Crippen LogP contribution in [0.15, 0.2) is 49.1 Å². The molecule has 22 heavy (non-hydrogen) atoms. The smallest absolute Gasteiger partial charge is 0.201 e. The van der Waals surface area contributed by atoms with Gasteiger partial charge in [-0.05, 0) is 29.7 Å². The summed E-state index contributed by atoms with van der Waals surface area (Å²) < 4.78 is 32.3. The Morgan fingerprint density at radius 3 is 2.14 bits per heavy atom. The molecule has 1 radical (unpaired) electrons. The fraction of sp³-hybridized carbons (Fsp3) is 0.176. The van der Waals surface area contributed by atoms with E-state index in [1.807, 2.05) is 18.8 Å². The van der Waals surface area contributed by atoms with Crippen molar-refractivity contribution in [3.63, 3.8) is 0 Å². The summed E-state index contributed by atoms with van der Waals surface area (Å²) in [5.74, 6) is -1.95. The van der Waals surface area contributed by atoms with E-state index in [2.05, 4.69) is 15.8 Å². The number of halogens is 2. The van der Waals surface area contributed by atoms with E-state index in [0.717, 1.165) is 12.0 Å². The van der Waals surface area contributed by atoms with Gasteiger partial charge in [0.05, 0.1) is 7.11 Å². The molecule has 0 spiro atoms. The number of ether oxygens (including phenoxy) is 1. The Labute approximate surface area is 158 Å². The summed E-state index contributed by atoms with van der Waals surface area (Å²) in [6.07, 6.45) is 2.54. The average Bonchev–Trinajstić information content (AvgIpc) is 2.53. The van der Waals surface area contributed by atoms with Crippen LogP contribution in [0.2, 0.25) is 0 Å². The molecule has 0 fully saturated rings. The number of benzene rings is 2. The second-order valence-electron chi connectivity index (χ2n) is 4.13. The van der Waals surface area contributed by atoms with E-state index in [0.29, 0.717) is 5.56 Å². The molecule has 1 atom stereocenters. The average molecular weight is 397 g/mol. The van der Waals surface area contributed by atoms with Gasteiger partial charge in [0.15, 0.2) is 11.6 Å². The van der Waals surface area contributed by atoms with Crippen molar-refractivity contribution in [2.24, 2.45) is 0 Å². The predicted octanol–water partition coefficient (Wildman–Crippen LogP) is 4.86. The molecular formula is C17H19F2OPY. The second kappa shape index (κ2) is 11.0. The standard InChI is InChI=1S/C16H14F2O.CH5P.Y/c1-3-4-11-5-7-12(8-6-11)13-9-10-14(19-2)16(18)15(13)17;1-2;/h3,5-10H,1,4H2,2H3;2H2,1H3;. The molecular weight excluding hydrogens is 378 g/mol. The van der Waals surface area contributed by atoms with E-state index in [4.69, 9.17) is 4.74 Å². The predicted molar refractivity (Wildman–Crippen MR) is 87.9 cm³/mol. The van der Waals surface area contributed by atoms with Crippen LogP contribution in [0.1, 0.15) is 5.56 Å². The van der Waals surface area contributed by atoms with Crippen LogP contribution in [-0.2, 0) is 39.1 Å². The minimum absolute atomic E-state index is 0. The van der Waals surface area contributed by atoms with Gasteiger partial charge in [-0.1, -0.05) is 37.0 Å².